The Labute approximate surface area is 102 Å². The maximum atomic E-state index is 11.4. The zero-order chi connectivity index (χ0) is 11.7. The van der Waals surface area contributed by atoms with Crippen LogP contribution in [0.2, 0.25) is 0 Å². The third kappa shape index (κ3) is 2.03. The fourth-order valence-electron chi connectivity index (χ4n) is 1.37. The Kier molecular flexibility index (Phi) is 3.12. The van der Waals surface area contributed by atoms with Crippen molar-refractivity contribution < 1.29 is 4.79 Å². The lowest BCUT2D eigenvalue weighted by Gasteiger charge is -1.95. The van der Waals surface area contributed by atoms with E-state index >= 15 is 0 Å². The van der Waals surface area contributed by atoms with Gasteiger partial charge in [-0.15, -0.1) is 11.6 Å². The first-order valence-corrected chi connectivity index (χ1v) is 6.12. The van der Waals surface area contributed by atoms with Crippen molar-refractivity contribution >= 4 is 39.1 Å². The number of aromatic nitrogens is 1. The number of hydrogen-bond donors (Lipinski definition) is 0. The molecule has 84 valence electrons. The van der Waals surface area contributed by atoms with Crippen molar-refractivity contribution in [3.63, 3.8) is 0 Å². The van der Waals surface area contributed by atoms with Gasteiger partial charge in [0.25, 0.3) is 5.91 Å². The number of aryl methyl sites for hydroxylation is 1. The predicted molar refractivity (Wildman–Crippen MR) is 66.7 cm³/mol. The summed E-state index contributed by atoms with van der Waals surface area (Å²) in [6.07, 6.45) is 0. The summed E-state index contributed by atoms with van der Waals surface area (Å²) in [5.41, 5.74) is 1.07. The fraction of sp³-hybridized carbons (Fsp3) is 0.273. The van der Waals surface area contributed by atoms with Gasteiger partial charge in [-0.2, -0.15) is 4.99 Å². The molecule has 0 aliphatic heterocycles. The summed E-state index contributed by atoms with van der Waals surface area (Å²) in [6.45, 7) is 1.63. The molecule has 2 aromatic rings. The lowest BCUT2D eigenvalue weighted by Crippen LogP contribution is -2.16. The van der Waals surface area contributed by atoms with Crippen LogP contribution < -0.4 is 4.80 Å². The summed E-state index contributed by atoms with van der Waals surface area (Å²) in [5.74, 6) is -0.302. The minimum atomic E-state index is -0.579. The molecule has 1 aromatic heterocycles. The number of hydrogen-bond acceptors (Lipinski definition) is 2. The lowest BCUT2D eigenvalue weighted by molar-refractivity contribution is -0.117. The number of para-hydroxylation sites is 1. The molecular weight excluding hydrogens is 244 g/mol. The molecule has 0 spiro atoms. The van der Waals surface area contributed by atoms with Gasteiger partial charge in [-0.3, -0.25) is 4.79 Å². The topological polar surface area (TPSA) is 34.4 Å². The number of fused-ring (bicyclic) bond motifs is 1. The molecule has 0 aliphatic carbocycles. The molecule has 3 nitrogen and oxygen atoms in total. The van der Waals surface area contributed by atoms with E-state index < -0.39 is 5.38 Å². The molecule has 0 radical (unpaired) electrons. The van der Waals surface area contributed by atoms with Crippen LogP contribution in [0.15, 0.2) is 29.3 Å². The average molecular weight is 255 g/mol. The van der Waals surface area contributed by atoms with Gasteiger partial charge in [-0.1, -0.05) is 23.5 Å². The molecule has 1 unspecified atom stereocenters. The number of nitrogens with zero attached hydrogens (tertiary/aromatic N) is 2. The van der Waals surface area contributed by atoms with Crippen molar-refractivity contribution in [2.24, 2.45) is 12.0 Å². The maximum absolute atomic E-state index is 11.4. The first kappa shape index (κ1) is 11.4. The molecule has 0 bridgehead atoms. The van der Waals surface area contributed by atoms with E-state index in [1.165, 1.54) is 11.3 Å². The van der Waals surface area contributed by atoms with Gasteiger partial charge in [0.05, 0.1) is 10.2 Å². The number of alkyl halides is 1. The Morgan fingerprint density at radius 1 is 1.50 bits per heavy atom. The third-order valence-corrected chi connectivity index (χ3v) is 3.56. The minimum absolute atomic E-state index is 0.302. The zero-order valence-corrected chi connectivity index (χ0v) is 10.5. The molecule has 0 saturated carbocycles. The number of benzene rings is 1. The molecular formula is C11H11ClN2OS. The standard InChI is InChI=1S/C11H11ClN2OS/c1-7(12)10(15)13-11-14(2)8-5-3-4-6-9(8)16-11/h3-7H,1-2H3. The summed E-state index contributed by atoms with van der Waals surface area (Å²) >= 11 is 7.17. The summed E-state index contributed by atoms with van der Waals surface area (Å²) in [7, 11) is 1.89. The molecule has 1 aromatic carbocycles. The van der Waals surface area contributed by atoms with Gasteiger partial charge in [0.1, 0.15) is 5.38 Å². The molecule has 0 aliphatic rings. The van der Waals surface area contributed by atoms with Gasteiger partial charge in [-0.25, -0.2) is 0 Å². The summed E-state index contributed by atoms with van der Waals surface area (Å²) in [6, 6.07) is 7.94. The molecule has 0 N–H and O–H groups in total. The van der Waals surface area contributed by atoms with Crippen LogP contribution in [0.1, 0.15) is 6.92 Å². The summed E-state index contributed by atoms with van der Waals surface area (Å²) in [4.78, 5) is 16.1. The van der Waals surface area contributed by atoms with E-state index in [4.69, 9.17) is 11.6 Å². The maximum Gasteiger partial charge on any atom is 0.266 e. The molecule has 5 heteroatoms. The first-order chi connectivity index (χ1) is 7.59. The number of halogens is 1. The molecule has 1 atom stereocenters. The smallest absolute Gasteiger partial charge is 0.266 e. The number of thiazole rings is 1. The van der Waals surface area contributed by atoms with Gasteiger partial charge in [0.15, 0.2) is 4.80 Å². The highest BCUT2D eigenvalue weighted by molar-refractivity contribution is 7.16. The number of carbonyl (C=O) groups excluding carboxylic acids is 1. The largest absolute Gasteiger partial charge is 0.319 e. The van der Waals surface area contributed by atoms with Gasteiger partial charge < -0.3 is 4.57 Å². The van der Waals surface area contributed by atoms with Crippen LogP contribution in [0.4, 0.5) is 0 Å². The second kappa shape index (κ2) is 4.39. The van der Waals surface area contributed by atoms with Crippen molar-refractivity contribution in [1.82, 2.24) is 4.57 Å². The van der Waals surface area contributed by atoms with Crippen molar-refractivity contribution in [3.05, 3.63) is 29.1 Å². The molecule has 0 fully saturated rings. The van der Waals surface area contributed by atoms with E-state index in [1.807, 2.05) is 35.9 Å². The Bertz CT molecular complexity index is 597. The Morgan fingerprint density at radius 3 is 2.81 bits per heavy atom. The van der Waals surface area contributed by atoms with Crippen LogP contribution in [0.25, 0.3) is 10.2 Å². The zero-order valence-electron chi connectivity index (χ0n) is 8.98. The van der Waals surface area contributed by atoms with Gasteiger partial charge in [0, 0.05) is 7.05 Å². The number of rotatable bonds is 1. The van der Waals surface area contributed by atoms with E-state index in [2.05, 4.69) is 4.99 Å². The average Bonchev–Trinajstić information content (AvgIpc) is 2.56. The van der Waals surface area contributed by atoms with E-state index in [0.29, 0.717) is 4.80 Å². The number of carbonyl (C=O) groups is 1. The molecule has 1 heterocycles. The van der Waals surface area contributed by atoms with E-state index in [0.717, 1.165) is 10.2 Å². The Morgan fingerprint density at radius 2 is 2.19 bits per heavy atom. The van der Waals surface area contributed by atoms with Gasteiger partial charge in [-0.05, 0) is 19.1 Å². The van der Waals surface area contributed by atoms with Crippen LogP contribution in [-0.4, -0.2) is 15.9 Å². The highest BCUT2D eigenvalue weighted by atomic mass is 35.5. The van der Waals surface area contributed by atoms with Crippen molar-refractivity contribution in [3.8, 4) is 0 Å². The van der Waals surface area contributed by atoms with Crippen LogP contribution in [-0.2, 0) is 11.8 Å². The summed E-state index contributed by atoms with van der Waals surface area (Å²) < 4.78 is 3.01. The molecule has 2 rings (SSSR count). The van der Waals surface area contributed by atoms with Crippen molar-refractivity contribution in [2.75, 3.05) is 0 Å². The van der Waals surface area contributed by atoms with Crippen molar-refractivity contribution in [2.45, 2.75) is 12.3 Å². The number of amides is 1. The van der Waals surface area contributed by atoms with Crippen LogP contribution in [0, 0.1) is 0 Å². The highest BCUT2D eigenvalue weighted by Gasteiger charge is 2.08. The minimum Gasteiger partial charge on any atom is -0.319 e. The quantitative estimate of drug-likeness (QED) is 0.719. The van der Waals surface area contributed by atoms with Gasteiger partial charge >= 0.3 is 0 Å². The SMILES string of the molecule is CC(Cl)C(=O)N=c1sc2ccccc2n1C. The van der Waals surface area contributed by atoms with Crippen LogP contribution in [0.5, 0.6) is 0 Å². The van der Waals surface area contributed by atoms with Gasteiger partial charge in [0.2, 0.25) is 0 Å². The second-order valence-corrected chi connectivity index (χ2v) is 5.14. The fourth-order valence-corrected chi connectivity index (χ4v) is 2.44. The highest BCUT2D eigenvalue weighted by Crippen LogP contribution is 2.15. The van der Waals surface area contributed by atoms with E-state index in [1.54, 1.807) is 6.92 Å². The normalized spacial score (nSPS) is 14.3. The second-order valence-electron chi connectivity index (χ2n) is 3.48. The third-order valence-electron chi connectivity index (χ3n) is 2.26. The molecule has 0 saturated heterocycles. The van der Waals surface area contributed by atoms with E-state index in [-0.39, 0.29) is 5.91 Å². The van der Waals surface area contributed by atoms with Crippen LogP contribution in [0.3, 0.4) is 0 Å². The molecule has 1 amide bonds. The summed E-state index contributed by atoms with van der Waals surface area (Å²) in [5, 5.41) is -0.579. The Hall–Kier alpha value is -1.13. The van der Waals surface area contributed by atoms with Crippen molar-refractivity contribution in [1.29, 1.82) is 0 Å². The van der Waals surface area contributed by atoms with E-state index in [9.17, 15) is 4.79 Å². The monoisotopic (exact) mass is 254 g/mol. The Balaban J connectivity index is 2.62. The predicted octanol–water partition coefficient (Wildman–Crippen LogP) is 2.29. The molecule has 16 heavy (non-hydrogen) atoms. The lowest BCUT2D eigenvalue weighted by atomic mass is 10.3. The van der Waals surface area contributed by atoms with Crippen LogP contribution >= 0.6 is 22.9 Å². The first-order valence-electron chi connectivity index (χ1n) is 4.87.